The molecule has 39 heavy (non-hydrogen) atoms. The van der Waals surface area contributed by atoms with Gasteiger partial charge in [0.25, 0.3) is 0 Å². The second-order valence-corrected chi connectivity index (χ2v) is 9.93. The Morgan fingerprint density at radius 2 is 1.92 bits per heavy atom. The monoisotopic (exact) mass is 525 g/mol. The fourth-order valence-corrected chi connectivity index (χ4v) is 4.90. The molecule has 1 fully saturated rings. The summed E-state index contributed by atoms with van der Waals surface area (Å²) in [6, 6.07) is 16.5. The lowest BCUT2D eigenvalue weighted by molar-refractivity contribution is 0.146. The van der Waals surface area contributed by atoms with Crippen LogP contribution in [-0.4, -0.2) is 78.7 Å². The Balaban J connectivity index is 1.30. The van der Waals surface area contributed by atoms with Crippen LogP contribution in [0.15, 0.2) is 79.5 Å². The van der Waals surface area contributed by atoms with Gasteiger partial charge in [-0.25, -0.2) is 9.97 Å². The van der Waals surface area contributed by atoms with Crippen LogP contribution in [0.1, 0.15) is 12.0 Å². The van der Waals surface area contributed by atoms with E-state index >= 15 is 0 Å². The molecule has 8 heteroatoms. The normalized spacial score (nSPS) is 17.6. The highest BCUT2D eigenvalue weighted by Gasteiger charge is 2.15. The largest absolute Gasteiger partial charge is 0.493 e. The molecule has 0 saturated carbocycles. The summed E-state index contributed by atoms with van der Waals surface area (Å²) in [7, 11) is 0. The van der Waals surface area contributed by atoms with E-state index in [4.69, 9.17) is 9.72 Å². The maximum Gasteiger partial charge on any atom is 0.227 e. The minimum absolute atomic E-state index is 0.566. The zero-order valence-corrected chi connectivity index (χ0v) is 22.6. The summed E-state index contributed by atoms with van der Waals surface area (Å²) in [4.78, 5) is 14.3. The Kier molecular flexibility index (Phi) is 9.57. The van der Waals surface area contributed by atoms with Crippen molar-refractivity contribution in [3.8, 4) is 17.0 Å². The van der Waals surface area contributed by atoms with E-state index in [0.29, 0.717) is 12.6 Å². The zero-order valence-electron chi connectivity index (χ0n) is 22.6. The molecule has 6 bridgehead atoms. The molecule has 2 aliphatic heterocycles. The van der Waals surface area contributed by atoms with Crippen molar-refractivity contribution < 1.29 is 4.74 Å². The molecule has 0 spiro atoms. The lowest BCUT2D eigenvalue weighted by Crippen LogP contribution is -2.47. The molecule has 1 saturated heterocycles. The highest BCUT2D eigenvalue weighted by Crippen LogP contribution is 2.25. The van der Waals surface area contributed by atoms with Crippen molar-refractivity contribution in [2.24, 2.45) is 0 Å². The van der Waals surface area contributed by atoms with E-state index in [-0.39, 0.29) is 0 Å². The van der Waals surface area contributed by atoms with Gasteiger partial charge in [-0.2, -0.15) is 0 Å². The van der Waals surface area contributed by atoms with Crippen LogP contribution in [0.4, 0.5) is 17.3 Å². The quantitative estimate of drug-likeness (QED) is 0.405. The first-order valence-electron chi connectivity index (χ1n) is 13.9. The van der Waals surface area contributed by atoms with Crippen LogP contribution in [0.5, 0.6) is 5.75 Å². The van der Waals surface area contributed by atoms with Gasteiger partial charge in [-0.05, 0) is 48.4 Å². The number of fused-ring (bicyclic) bond motifs is 7. The van der Waals surface area contributed by atoms with E-state index in [1.165, 1.54) is 5.56 Å². The van der Waals surface area contributed by atoms with Crippen LogP contribution in [0.2, 0.25) is 0 Å². The second-order valence-electron chi connectivity index (χ2n) is 9.93. The molecule has 204 valence electrons. The van der Waals surface area contributed by atoms with Gasteiger partial charge in [0.15, 0.2) is 0 Å². The van der Waals surface area contributed by atoms with E-state index in [0.717, 1.165) is 93.7 Å². The summed E-state index contributed by atoms with van der Waals surface area (Å²) < 4.78 is 5.95. The SMILES string of the molecule is C=CCN1CCN(CCNc2cc3cc(c2)Nc2nccc(n2)-c2cccc(c2)OCC/C=C/CNC3)CC1. The van der Waals surface area contributed by atoms with Crippen molar-refractivity contribution in [2.45, 2.75) is 13.0 Å². The van der Waals surface area contributed by atoms with Gasteiger partial charge >= 0.3 is 0 Å². The van der Waals surface area contributed by atoms with Gasteiger partial charge in [0.2, 0.25) is 5.95 Å². The summed E-state index contributed by atoms with van der Waals surface area (Å²) in [5, 5.41) is 10.6. The fraction of sp³-hybridized carbons (Fsp3) is 0.355. The molecule has 1 aromatic heterocycles. The molecule has 0 amide bonds. The van der Waals surface area contributed by atoms with E-state index in [1.807, 2.05) is 36.4 Å². The lowest BCUT2D eigenvalue weighted by Gasteiger charge is -2.34. The minimum atomic E-state index is 0.566. The molecule has 0 aliphatic carbocycles. The minimum Gasteiger partial charge on any atom is -0.493 e. The number of hydrogen-bond donors (Lipinski definition) is 3. The van der Waals surface area contributed by atoms with Crippen molar-refractivity contribution in [1.29, 1.82) is 0 Å². The Morgan fingerprint density at radius 3 is 2.82 bits per heavy atom. The number of benzene rings is 2. The summed E-state index contributed by atoms with van der Waals surface area (Å²) in [5.41, 5.74) is 5.10. The maximum atomic E-state index is 5.95. The van der Waals surface area contributed by atoms with Gasteiger partial charge in [-0.15, -0.1) is 6.58 Å². The van der Waals surface area contributed by atoms with Crippen LogP contribution in [-0.2, 0) is 6.54 Å². The van der Waals surface area contributed by atoms with Crippen LogP contribution >= 0.6 is 0 Å². The van der Waals surface area contributed by atoms with Gasteiger partial charge in [0.1, 0.15) is 5.75 Å². The van der Waals surface area contributed by atoms with Gasteiger partial charge in [-0.3, -0.25) is 9.80 Å². The molecule has 3 N–H and O–H groups in total. The van der Waals surface area contributed by atoms with E-state index in [2.05, 4.69) is 67.7 Å². The fourth-order valence-electron chi connectivity index (χ4n) is 4.90. The van der Waals surface area contributed by atoms with Gasteiger partial charge in [-0.1, -0.05) is 30.4 Å². The molecular weight excluding hydrogens is 486 g/mol. The van der Waals surface area contributed by atoms with Crippen LogP contribution in [0, 0.1) is 0 Å². The molecule has 3 heterocycles. The Hall–Kier alpha value is -3.72. The van der Waals surface area contributed by atoms with Crippen molar-refractivity contribution in [2.75, 3.05) is 69.6 Å². The number of aromatic nitrogens is 2. The highest BCUT2D eigenvalue weighted by atomic mass is 16.5. The lowest BCUT2D eigenvalue weighted by atomic mass is 10.1. The van der Waals surface area contributed by atoms with Gasteiger partial charge < -0.3 is 20.7 Å². The molecule has 0 unspecified atom stereocenters. The van der Waals surface area contributed by atoms with Crippen molar-refractivity contribution in [3.63, 3.8) is 0 Å². The third-order valence-corrected chi connectivity index (χ3v) is 6.95. The predicted octanol–water partition coefficient (Wildman–Crippen LogP) is 4.53. The molecule has 0 atom stereocenters. The summed E-state index contributed by atoms with van der Waals surface area (Å²) in [6.45, 7) is 13.4. The van der Waals surface area contributed by atoms with E-state index in [1.54, 1.807) is 6.20 Å². The van der Waals surface area contributed by atoms with E-state index in [9.17, 15) is 0 Å². The van der Waals surface area contributed by atoms with Crippen LogP contribution < -0.4 is 20.7 Å². The van der Waals surface area contributed by atoms with E-state index < -0.39 is 0 Å². The summed E-state index contributed by atoms with van der Waals surface area (Å²) >= 11 is 0. The molecule has 2 aromatic carbocycles. The first kappa shape index (κ1) is 26.9. The average Bonchev–Trinajstić information content (AvgIpc) is 2.95. The Bertz CT molecular complexity index is 1250. The number of nitrogens with zero attached hydrogens (tertiary/aromatic N) is 4. The molecule has 5 rings (SSSR count). The van der Waals surface area contributed by atoms with Crippen molar-refractivity contribution in [3.05, 3.63) is 85.1 Å². The molecule has 8 nitrogen and oxygen atoms in total. The van der Waals surface area contributed by atoms with Gasteiger partial charge in [0, 0.05) is 82.0 Å². The van der Waals surface area contributed by atoms with Crippen molar-refractivity contribution >= 4 is 17.3 Å². The van der Waals surface area contributed by atoms with Crippen LogP contribution in [0.3, 0.4) is 0 Å². The predicted molar refractivity (Wildman–Crippen MR) is 160 cm³/mol. The zero-order chi connectivity index (χ0) is 26.7. The third-order valence-electron chi connectivity index (χ3n) is 6.95. The third kappa shape index (κ3) is 8.13. The number of piperazine rings is 1. The topological polar surface area (TPSA) is 77.6 Å². The second kappa shape index (κ2) is 13.9. The first-order chi connectivity index (χ1) is 19.2. The summed E-state index contributed by atoms with van der Waals surface area (Å²) in [6.07, 6.45) is 8.98. The Morgan fingerprint density at radius 1 is 1.03 bits per heavy atom. The summed E-state index contributed by atoms with van der Waals surface area (Å²) in [5.74, 6) is 1.41. The van der Waals surface area contributed by atoms with Crippen molar-refractivity contribution in [1.82, 2.24) is 25.1 Å². The van der Waals surface area contributed by atoms with Crippen LogP contribution in [0.25, 0.3) is 11.3 Å². The highest BCUT2D eigenvalue weighted by molar-refractivity contribution is 5.66. The standard InChI is InChI=1S/C31H39N7O/c1-2-13-37-15-17-38(18-16-37)14-12-33-27-20-25-21-28(23-27)35-31-34-11-9-30(36-31)26-7-6-8-29(22-26)39-19-5-3-4-10-32-24-25/h2-4,6-9,11,20-23,32-33H,1,5,10,12-19,24H2,(H,34,35,36)/b4-3+. The number of rotatable bonds is 6. The molecule has 2 aliphatic rings. The number of ether oxygens (including phenoxy) is 1. The number of hydrogen-bond acceptors (Lipinski definition) is 8. The first-order valence-corrected chi connectivity index (χ1v) is 13.9. The maximum absolute atomic E-state index is 5.95. The smallest absolute Gasteiger partial charge is 0.227 e. The molecule has 3 aromatic rings. The average molecular weight is 526 g/mol. The number of anilines is 3. The number of nitrogens with one attached hydrogen (secondary N) is 3. The molecular formula is C31H39N7O. The Labute approximate surface area is 231 Å². The van der Waals surface area contributed by atoms with Gasteiger partial charge in [0.05, 0.1) is 12.3 Å². The molecule has 0 radical (unpaired) electrons.